The molecule has 0 aliphatic rings. The van der Waals surface area contributed by atoms with E-state index in [-0.39, 0.29) is 31.7 Å². The monoisotopic (exact) mass is 433 g/mol. The van der Waals surface area contributed by atoms with Gasteiger partial charge in [-0.25, -0.2) is 4.79 Å². The minimum absolute atomic E-state index is 0.109. The van der Waals surface area contributed by atoms with E-state index in [2.05, 4.69) is 5.32 Å². The zero-order valence-electron chi connectivity index (χ0n) is 18.1. The zero-order valence-corrected chi connectivity index (χ0v) is 19.0. The summed E-state index contributed by atoms with van der Waals surface area (Å²) in [6.07, 6.45) is -0.686. The number of alkyl carbamates (subject to hydrolysis) is 1. The molecule has 0 bridgehead atoms. The summed E-state index contributed by atoms with van der Waals surface area (Å²) in [6, 6.07) is 18.4. The van der Waals surface area contributed by atoms with E-state index in [4.69, 9.17) is 13.8 Å². The zero-order chi connectivity index (χ0) is 22.0. The average molecular weight is 433 g/mol. The molecule has 6 nitrogen and oxygen atoms in total. The summed E-state index contributed by atoms with van der Waals surface area (Å²) in [5.74, 6) is -0.663. The second-order valence-electron chi connectivity index (χ2n) is 7.94. The Hall–Kier alpha value is -2.14. The number of amides is 1. The molecule has 1 N–H and O–H groups in total. The van der Waals surface area contributed by atoms with Crippen LogP contribution < -0.4 is 5.32 Å². The summed E-state index contributed by atoms with van der Waals surface area (Å²) in [6.45, 7) is 8.46. The highest BCUT2D eigenvalue weighted by Crippen LogP contribution is 2.60. The Morgan fingerprint density at radius 2 is 1.37 bits per heavy atom. The molecule has 1 amide bonds. The summed E-state index contributed by atoms with van der Waals surface area (Å²) in [5.41, 5.74) is 1.49. The van der Waals surface area contributed by atoms with Gasteiger partial charge in [-0.2, -0.15) is 0 Å². The summed E-state index contributed by atoms with van der Waals surface area (Å²) in [5, 5.41) is 2.72. The fraction of sp³-hybridized carbons (Fsp3) is 0.435. The Morgan fingerprint density at radius 3 is 1.87 bits per heavy atom. The Morgan fingerprint density at radius 1 is 0.867 bits per heavy atom. The van der Waals surface area contributed by atoms with Crippen molar-refractivity contribution in [3.8, 4) is 0 Å². The standard InChI is InChI=1S/C23H32NO5P/c1-18(2)15-28-30(26,29-16-19(3)4)22(21-13-9-6-10-14-21)24-23(25)27-17-20-11-7-5-8-12-20/h5-14,18-19,22H,15-17H2,1-4H3,(H,24,25). The van der Waals surface area contributed by atoms with Crippen LogP contribution in [0, 0.1) is 11.8 Å². The topological polar surface area (TPSA) is 73.9 Å². The van der Waals surface area contributed by atoms with Gasteiger partial charge in [0.25, 0.3) is 0 Å². The van der Waals surface area contributed by atoms with Crippen LogP contribution in [-0.4, -0.2) is 19.3 Å². The van der Waals surface area contributed by atoms with Crippen molar-refractivity contribution in [2.45, 2.75) is 40.1 Å². The number of carbonyl (C=O) groups is 1. The van der Waals surface area contributed by atoms with E-state index < -0.39 is 19.5 Å². The van der Waals surface area contributed by atoms with Gasteiger partial charge >= 0.3 is 13.7 Å². The van der Waals surface area contributed by atoms with Gasteiger partial charge in [0.05, 0.1) is 13.2 Å². The van der Waals surface area contributed by atoms with Gasteiger partial charge in [-0.3, -0.25) is 4.57 Å². The largest absolute Gasteiger partial charge is 0.445 e. The van der Waals surface area contributed by atoms with Crippen LogP contribution in [0.3, 0.4) is 0 Å². The van der Waals surface area contributed by atoms with Gasteiger partial charge in [0.2, 0.25) is 0 Å². The number of ether oxygens (including phenoxy) is 1. The first-order chi connectivity index (χ1) is 14.3. The Labute approximate surface area is 179 Å². The molecule has 0 fully saturated rings. The fourth-order valence-corrected chi connectivity index (χ4v) is 4.73. The van der Waals surface area contributed by atoms with E-state index >= 15 is 0 Å². The van der Waals surface area contributed by atoms with Crippen molar-refractivity contribution >= 4 is 13.7 Å². The lowest BCUT2D eigenvalue weighted by Crippen LogP contribution is -2.30. The number of carbonyl (C=O) groups excluding carboxylic acids is 1. The summed E-state index contributed by atoms with van der Waals surface area (Å²) in [4.78, 5) is 12.6. The van der Waals surface area contributed by atoms with Gasteiger partial charge in [0.15, 0.2) is 5.78 Å². The second kappa shape index (κ2) is 11.9. The third kappa shape index (κ3) is 7.94. The van der Waals surface area contributed by atoms with Gasteiger partial charge in [-0.15, -0.1) is 0 Å². The predicted octanol–water partition coefficient (Wildman–Crippen LogP) is 6.15. The van der Waals surface area contributed by atoms with E-state index in [0.717, 1.165) is 5.56 Å². The lowest BCUT2D eigenvalue weighted by atomic mass is 10.2. The van der Waals surface area contributed by atoms with Gasteiger partial charge < -0.3 is 19.1 Å². The molecule has 30 heavy (non-hydrogen) atoms. The quantitative estimate of drug-likeness (QED) is 0.430. The highest BCUT2D eigenvalue weighted by molar-refractivity contribution is 7.54. The molecule has 2 aromatic rings. The Bertz CT molecular complexity index is 795. The van der Waals surface area contributed by atoms with Crippen LogP contribution in [0.2, 0.25) is 0 Å². The minimum Gasteiger partial charge on any atom is -0.445 e. The highest BCUT2D eigenvalue weighted by Gasteiger charge is 2.39. The molecule has 0 heterocycles. The molecule has 0 aliphatic carbocycles. The molecule has 0 aromatic heterocycles. The average Bonchev–Trinajstić information content (AvgIpc) is 2.74. The number of hydrogen-bond acceptors (Lipinski definition) is 5. The lowest BCUT2D eigenvalue weighted by Gasteiger charge is -2.29. The molecule has 0 spiro atoms. The van der Waals surface area contributed by atoms with Crippen molar-refractivity contribution in [1.29, 1.82) is 0 Å². The van der Waals surface area contributed by atoms with Crippen molar-refractivity contribution in [1.82, 2.24) is 5.32 Å². The van der Waals surface area contributed by atoms with Crippen molar-refractivity contribution in [2.24, 2.45) is 11.8 Å². The van der Waals surface area contributed by atoms with Crippen molar-refractivity contribution in [3.63, 3.8) is 0 Å². The van der Waals surface area contributed by atoms with Crippen LogP contribution in [0.1, 0.15) is 44.6 Å². The molecular formula is C23H32NO5P. The first-order valence-electron chi connectivity index (χ1n) is 10.2. The molecule has 164 valence electrons. The van der Waals surface area contributed by atoms with Gasteiger partial charge in [0, 0.05) is 0 Å². The van der Waals surface area contributed by atoms with Crippen LogP contribution in [0.5, 0.6) is 0 Å². The Kier molecular flexibility index (Phi) is 9.57. The lowest BCUT2D eigenvalue weighted by molar-refractivity contribution is 0.131. The van der Waals surface area contributed by atoms with Gasteiger partial charge in [0.1, 0.15) is 6.61 Å². The van der Waals surface area contributed by atoms with Gasteiger partial charge in [-0.05, 0) is 23.0 Å². The SMILES string of the molecule is CC(C)COP(=O)(OCC(C)C)C(NC(=O)OCc1ccccc1)c1ccccc1. The number of rotatable bonds is 11. The summed E-state index contributed by atoms with van der Waals surface area (Å²) >= 11 is 0. The minimum atomic E-state index is -3.72. The molecule has 2 rings (SSSR count). The normalized spacial score (nSPS) is 12.7. The predicted molar refractivity (Wildman–Crippen MR) is 118 cm³/mol. The summed E-state index contributed by atoms with van der Waals surface area (Å²) < 4.78 is 30.7. The number of benzene rings is 2. The number of hydrogen-bond donors (Lipinski definition) is 1. The molecule has 0 radical (unpaired) electrons. The molecule has 1 atom stereocenters. The first-order valence-corrected chi connectivity index (χ1v) is 11.8. The van der Waals surface area contributed by atoms with Gasteiger partial charge in [-0.1, -0.05) is 88.4 Å². The molecular weight excluding hydrogens is 401 g/mol. The van der Waals surface area contributed by atoms with E-state index in [0.29, 0.717) is 5.56 Å². The number of nitrogens with one attached hydrogen (secondary N) is 1. The van der Waals surface area contributed by atoms with E-state index in [1.165, 1.54) is 0 Å². The van der Waals surface area contributed by atoms with E-state index in [1.807, 2.05) is 76.2 Å². The first kappa shape index (κ1) is 24.1. The van der Waals surface area contributed by atoms with Crippen molar-refractivity contribution < 1.29 is 23.1 Å². The van der Waals surface area contributed by atoms with Crippen LogP contribution >= 0.6 is 7.60 Å². The molecule has 0 saturated carbocycles. The Balaban J connectivity index is 2.22. The third-order valence-corrected chi connectivity index (χ3v) is 6.15. The molecule has 1 unspecified atom stereocenters. The third-order valence-electron chi connectivity index (χ3n) is 4.07. The molecule has 0 aliphatic heterocycles. The summed E-state index contributed by atoms with van der Waals surface area (Å²) in [7, 11) is -3.72. The smallest absolute Gasteiger partial charge is 0.408 e. The second-order valence-corrected chi connectivity index (χ2v) is 10.1. The van der Waals surface area contributed by atoms with Crippen molar-refractivity contribution in [3.05, 3.63) is 71.8 Å². The van der Waals surface area contributed by atoms with E-state index in [9.17, 15) is 9.36 Å². The van der Waals surface area contributed by atoms with Crippen molar-refractivity contribution in [2.75, 3.05) is 13.2 Å². The maximum absolute atomic E-state index is 13.8. The highest BCUT2D eigenvalue weighted by atomic mass is 31.2. The van der Waals surface area contributed by atoms with Crippen LogP contribution in [0.4, 0.5) is 4.79 Å². The fourth-order valence-electron chi connectivity index (χ4n) is 2.55. The molecule has 2 aromatic carbocycles. The van der Waals surface area contributed by atoms with Crippen LogP contribution in [0.25, 0.3) is 0 Å². The van der Waals surface area contributed by atoms with E-state index in [1.54, 1.807) is 12.1 Å². The molecule has 0 saturated heterocycles. The molecule has 7 heteroatoms. The maximum atomic E-state index is 13.8. The maximum Gasteiger partial charge on any atom is 0.408 e. The van der Waals surface area contributed by atoms with Crippen LogP contribution in [0.15, 0.2) is 60.7 Å². The van der Waals surface area contributed by atoms with Crippen LogP contribution in [-0.2, 0) is 25.0 Å².